The van der Waals surface area contributed by atoms with Crippen molar-refractivity contribution in [3.05, 3.63) is 34.9 Å². The Bertz CT molecular complexity index is 776. The molecule has 0 aliphatic carbocycles. The third-order valence-electron chi connectivity index (χ3n) is 4.76. The van der Waals surface area contributed by atoms with Crippen LogP contribution in [-0.2, 0) is 16.1 Å². The Balaban J connectivity index is 1.75. The molecule has 3 rings (SSSR count). The topological polar surface area (TPSA) is 122 Å². The van der Waals surface area contributed by atoms with Crippen LogP contribution in [0.3, 0.4) is 0 Å². The van der Waals surface area contributed by atoms with Gasteiger partial charge >= 0.3 is 0 Å². The van der Waals surface area contributed by atoms with Gasteiger partial charge in [0, 0.05) is 25.6 Å². The second-order valence-corrected chi connectivity index (χ2v) is 6.63. The summed E-state index contributed by atoms with van der Waals surface area (Å²) >= 11 is 0. The molecule has 0 radical (unpaired) electrons. The molecule has 1 unspecified atom stereocenters. The van der Waals surface area contributed by atoms with E-state index in [-0.39, 0.29) is 30.4 Å². The Hall–Kier alpha value is -2.58. The maximum absolute atomic E-state index is 12.7. The first-order valence-corrected chi connectivity index (χ1v) is 8.73. The number of hydrogen-bond acceptors (Lipinski definition) is 6. The van der Waals surface area contributed by atoms with Gasteiger partial charge in [-0.3, -0.25) is 29.4 Å². The number of benzene rings is 1. The lowest BCUT2D eigenvalue weighted by Crippen LogP contribution is -2.54. The third kappa shape index (κ3) is 3.38. The number of rotatable bonds is 6. The first-order chi connectivity index (χ1) is 12.4. The van der Waals surface area contributed by atoms with Gasteiger partial charge in [0.25, 0.3) is 11.8 Å². The summed E-state index contributed by atoms with van der Waals surface area (Å²) in [7, 11) is 0. The van der Waals surface area contributed by atoms with Crippen molar-refractivity contribution in [1.29, 1.82) is 0 Å². The van der Waals surface area contributed by atoms with Crippen LogP contribution in [-0.4, -0.2) is 47.2 Å². The number of piperidine rings is 1. The summed E-state index contributed by atoms with van der Waals surface area (Å²) in [6.07, 6.45) is 1.13. The highest BCUT2D eigenvalue weighted by atomic mass is 16.2. The van der Waals surface area contributed by atoms with Gasteiger partial charge in [-0.25, -0.2) is 0 Å². The monoisotopic (exact) mass is 358 g/mol. The van der Waals surface area contributed by atoms with Crippen molar-refractivity contribution in [3.8, 4) is 0 Å². The van der Waals surface area contributed by atoms with Crippen molar-refractivity contribution in [3.63, 3.8) is 0 Å². The van der Waals surface area contributed by atoms with Gasteiger partial charge in [-0.2, -0.15) is 0 Å². The molecular weight excluding hydrogens is 336 g/mol. The van der Waals surface area contributed by atoms with Crippen LogP contribution >= 0.6 is 0 Å². The highest BCUT2D eigenvalue weighted by molar-refractivity contribution is 6.23. The van der Waals surface area contributed by atoms with Crippen LogP contribution in [0.25, 0.3) is 0 Å². The molecule has 0 saturated carbocycles. The van der Waals surface area contributed by atoms with E-state index >= 15 is 0 Å². The molecule has 0 aromatic heterocycles. The summed E-state index contributed by atoms with van der Waals surface area (Å²) in [5.74, 6) is -1.98. The number of fused-ring (bicyclic) bond motifs is 1. The van der Waals surface area contributed by atoms with Crippen LogP contribution in [0.5, 0.6) is 0 Å². The molecule has 2 heterocycles. The van der Waals surface area contributed by atoms with Crippen molar-refractivity contribution in [2.24, 2.45) is 5.73 Å². The molecule has 8 nitrogen and oxygen atoms in total. The minimum atomic E-state index is -0.941. The number of nitrogens with zero attached hydrogens (tertiary/aromatic N) is 1. The maximum atomic E-state index is 12.7. The molecule has 1 aromatic carbocycles. The molecular formula is C18H22N4O4. The van der Waals surface area contributed by atoms with Crippen LogP contribution < -0.4 is 16.4 Å². The lowest BCUT2D eigenvalue weighted by molar-refractivity contribution is -0.136. The first-order valence-electron chi connectivity index (χ1n) is 8.73. The fraction of sp³-hybridized carbons (Fsp3) is 0.444. The molecule has 8 heteroatoms. The fourth-order valence-corrected chi connectivity index (χ4v) is 3.17. The number of carbonyl (C=O) groups excluding carboxylic acids is 4. The van der Waals surface area contributed by atoms with Gasteiger partial charge in [-0.05, 0) is 30.5 Å². The lowest BCUT2D eigenvalue weighted by Gasteiger charge is -2.27. The van der Waals surface area contributed by atoms with E-state index in [0.717, 1.165) is 16.9 Å². The van der Waals surface area contributed by atoms with Crippen LogP contribution in [0.15, 0.2) is 18.2 Å². The zero-order valence-electron chi connectivity index (χ0n) is 14.6. The third-order valence-corrected chi connectivity index (χ3v) is 4.76. The quantitative estimate of drug-likeness (QED) is 0.611. The highest BCUT2D eigenvalue weighted by Crippen LogP contribution is 2.28. The fourth-order valence-electron chi connectivity index (χ4n) is 3.17. The largest absolute Gasteiger partial charge is 0.327 e. The molecule has 0 spiro atoms. The van der Waals surface area contributed by atoms with E-state index in [2.05, 4.69) is 10.6 Å². The highest BCUT2D eigenvalue weighted by Gasteiger charge is 2.44. The van der Waals surface area contributed by atoms with Gasteiger partial charge in [0.05, 0.1) is 11.1 Å². The predicted octanol–water partition coefficient (Wildman–Crippen LogP) is -0.0853. The van der Waals surface area contributed by atoms with E-state index in [1.807, 2.05) is 6.92 Å². The summed E-state index contributed by atoms with van der Waals surface area (Å²) in [6, 6.07) is 4.19. The minimum Gasteiger partial charge on any atom is -0.327 e. The van der Waals surface area contributed by atoms with Crippen LogP contribution in [0.1, 0.15) is 52.5 Å². The molecule has 2 atom stereocenters. The van der Waals surface area contributed by atoms with Crippen molar-refractivity contribution in [2.45, 2.75) is 44.8 Å². The van der Waals surface area contributed by atoms with Gasteiger partial charge < -0.3 is 11.1 Å². The zero-order valence-corrected chi connectivity index (χ0v) is 14.6. The maximum Gasteiger partial charge on any atom is 0.262 e. The number of nitrogens with two attached hydrogens (primary N) is 1. The van der Waals surface area contributed by atoms with E-state index in [0.29, 0.717) is 18.7 Å². The second-order valence-electron chi connectivity index (χ2n) is 6.63. The van der Waals surface area contributed by atoms with Crippen molar-refractivity contribution >= 4 is 23.6 Å². The van der Waals surface area contributed by atoms with Crippen LogP contribution in [0, 0.1) is 0 Å². The molecule has 0 bridgehead atoms. The number of amides is 4. The molecule has 4 N–H and O–H groups in total. The smallest absolute Gasteiger partial charge is 0.262 e. The van der Waals surface area contributed by atoms with Crippen molar-refractivity contribution in [2.75, 3.05) is 6.54 Å². The zero-order chi connectivity index (χ0) is 18.8. The average Bonchev–Trinajstić information content (AvgIpc) is 2.86. The molecule has 2 aliphatic heterocycles. The molecule has 1 saturated heterocycles. The predicted molar refractivity (Wildman–Crippen MR) is 93.1 cm³/mol. The summed E-state index contributed by atoms with van der Waals surface area (Å²) in [5.41, 5.74) is 7.30. The van der Waals surface area contributed by atoms with Gasteiger partial charge in [0.1, 0.15) is 6.04 Å². The van der Waals surface area contributed by atoms with E-state index < -0.39 is 23.8 Å². The summed E-state index contributed by atoms with van der Waals surface area (Å²) in [6.45, 7) is 3.19. The number of imide groups is 2. The first kappa shape index (κ1) is 18.2. The Morgan fingerprint density at radius 1 is 1.23 bits per heavy atom. The van der Waals surface area contributed by atoms with Gasteiger partial charge in [-0.15, -0.1) is 0 Å². The van der Waals surface area contributed by atoms with Crippen LogP contribution in [0.4, 0.5) is 0 Å². The summed E-state index contributed by atoms with van der Waals surface area (Å²) in [5, 5.41) is 5.40. The molecule has 2 aliphatic rings. The van der Waals surface area contributed by atoms with E-state index in [9.17, 15) is 19.2 Å². The number of carbonyl (C=O) groups is 4. The van der Waals surface area contributed by atoms with Gasteiger partial charge in [-0.1, -0.05) is 13.0 Å². The Kier molecular flexibility index (Phi) is 5.15. The lowest BCUT2D eigenvalue weighted by atomic mass is 10.0. The number of hydrogen-bond donors (Lipinski definition) is 3. The summed E-state index contributed by atoms with van der Waals surface area (Å²) < 4.78 is 0. The Morgan fingerprint density at radius 3 is 2.65 bits per heavy atom. The Labute approximate surface area is 151 Å². The van der Waals surface area contributed by atoms with Crippen LogP contribution in [0.2, 0.25) is 0 Å². The van der Waals surface area contributed by atoms with Gasteiger partial charge in [0.2, 0.25) is 11.8 Å². The van der Waals surface area contributed by atoms with E-state index in [4.69, 9.17) is 5.73 Å². The molecule has 1 fully saturated rings. The molecule has 26 heavy (non-hydrogen) atoms. The average molecular weight is 358 g/mol. The molecule has 1 aromatic rings. The number of nitrogens with one attached hydrogen (secondary N) is 2. The normalized spacial score (nSPS) is 21.0. The second kappa shape index (κ2) is 7.35. The molecule has 138 valence electrons. The Morgan fingerprint density at radius 2 is 1.96 bits per heavy atom. The van der Waals surface area contributed by atoms with E-state index in [1.54, 1.807) is 18.2 Å². The standard InChI is InChI=1S/C18H22N4O4/c1-2-11(19)9-20-8-10-3-4-12-13(7-10)18(26)22(17(12)25)14-5-6-15(23)21-16(14)24/h3-4,7,11,14,20H,2,5-6,8-9,19H2,1H3,(H,21,23,24)/t11-,14?/m0/s1. The summed E-state index contributed by atoms with van der Waals surface area (Å²) in [4.78, 5) is 49.6. The van der Waals surface area contributed by atoms with Crippen molar-refractivity contribution in [1.82, 2.24) is 15.5 Å². The molecule has 4 amide bonds. The van der Waals surface area contributed by atoms with E-state index in [1.165, 1.54) is 0 Å². The van der Waals surface area contributed by atoms with Crippen molar-refractivity contribution < 1.29 is 19.2 Å². The minimum absolute atomic E-state index is 0.0654. The van der Waals surface area contributed by atoms with Gasteiger partial charge in [0.15, 0.2) is 0 Å². The SMILES string of the molecule is CC[C@H](N)CNCc1ccc2c(c1)C(=O)N(C1CCC(=O)NC1=O)C2=O.